The van der Waals surface area contributed by atoms with Gasteiger partial charge in [-0.3, -0.25) is 0 Å². The summed E-state index contributed by atoms with van der Waals surface area (Å²) in [4.78, 5) is 0. The van der Waals surface area contributed by atoms with E-state index in [1.165, 1.54) is 32.1 Å². The van der Waals surface area contributed by atoms with Gasteiger partial charge in [0, 0.05) is 5.33 Å². The third-order valence-electron chi connectivity index (χ3n) is 4.03. The van der Waals surface area contributed by atoms with E-state index in [9.17, 15) is 8.42 Å². The van der Waals surface area contributed by atoms with E-state index in [0.29, 0.717) is 5.75 Å². The maximum absolute atomic E-state index is 12.1. The molecule has 1 aliphatic rings. The number of sulfone groups is 1. The van der Waals surface area contributed by atoms with Crippen molar-refractivity contribution in [2.75, 3.05) is 11.1 Å². The van der Waals surface area contributed by atoms with Gasteiger partial charge in [-0.1, -0.05) is 35.2 Å². The van der Waals surface area contributed by atoms with Crippen molar-refractivity contribution >= 4 is 25.8 Å². The molecular weight excluding hydrogens is 300 g/mol. The van der Waals surface area contributed by atoms with Gasteiger partial charge in [0.15, 0.2) is 9.84 Å². The van der Waals surface area contributed by atoms with E-state index in [1.807, 2.05) is 0 Å². The Morgan fingerprint density at radius 3 is 2.06 bits per heavy atom. The first-order valence-corrected chi connectivity index (χ1v) is 9.28. The van der Waals surface area contributed by atoms with Crippen LogP contribution in [0.15, 0.2) is 0 Å². The van der Waals surface area contributed by atoms with Gasteiger partial charge in [-0.2, -0.15) is 0 Å². The minimum absolute atomic E-state index is 0.233. The van der Waals surface area contributed by atoms with E-state index < -0.39 is 14.6 Å². The largest absolute Gasteiger partial charge is 0.228 e. The number of alkyl halides is 1. The van der Waals surface area contributed by atoms with Crippen molar-refractivity contribution in [3.63, 3.8) is 0 Å². The van der Waals surface area contributed by atoms with Gasteiger partial charge in [0.1, 0.15) is 0 Å². The van der Waals surface area contributed by atoms with Crippen molar-refractivity contribution in [3.8, 4) is 0 Å². The molecule has 0 bridgehead atoms. The molecule has 0 saturated heterocycles. The molecule has 1 rings (SSSR count). The summed E-state index contributed by atoms with van der Waals surface area (Å²) in [7, 11) is -2.97. The second-order valence-corrected chi connectivity index (χ2v) is 9.80. The molecule has 0 spiro atoms. The fourth-order valence-electron chi connectivity index (χ4n) is 2.41. The van der Waals surface area contributed by atoms with Crippen LogP contribution in [-0.2, 0) is 9.84 Å². The minimum Gasteiger partial charge on any atom is -0.228 e. The molecule has 1 saturated carbocycles. The number of hydrogen-bond acceptors (Lipinski definition) is 2. The van der Waals surface area contributed by atoms with Crippen molar-refractivity contribution in [2.24, 2.45) is 5.41 Å². The average Bonchev–Trinajstić information content (AvgIpc) is 2.26. The lowest BCUT2D eigenvalue weighted by Crippen LogP contribution is -2.35. The molecule has 2 nitrogen and oxygen atoms in total. The number of rotatable bonds is 4. The Kier molecular flexibility index (Phi) is 5.10. The SMILES string of the molecule is CC(C)(C)S(=O)(=O)CCC1(CBr)CCCCC1. The van der Waals surface area contributed by atoms with Gasteiger partial charge in [0.05, 0.1) is 10.5 Å². The zero-order chi connectivity index (χ0) is 13.2. The summed E-state index contributed by atoms with van der Waals surface area (Å²) < 4.78 is 23.7. The van der Waals surface area contributed by atoms with Crippen LogP contribution in [0.25, 0.3) is 0 Å². The van der Waals surface area contributed by atoms with Gasteiger partial charge in [-0.25, -0.2) is 8.42 Å². The van der Waals surface area contributed by atoms with E-state index in [1.54, 1.807) is 20.8 Å². The van der Waals surface area contributed by atoms with E-state index in [2.05, 4.69) is 15.9 Å². The van der Waals surface area contributed by atoms with Crippen LogP contribution in [0.3, 0.4) is 0 Å². The predicted octanol–water partition coefficient (Wildman–Crippen LogP) is 3.94. The van der Waals surface area contributed by atoms with Gasteiger partial charge in [-0.15, -0.1) is 0 Å². The summed E-state index contributed by atoms with van der Waals surface area (Å²) in [6.07, 6.45) is 6.98. The van der Waals surface area contributed by atoms with Gasteiger partial charge in [0.2, 0.25) is 0 Å². The Morgan fingerprint density at radius 1 is 1.12 bits per heavy atom. The zero-order valence-electron chi connectivity index (χ0n) is 11.3. The molecule has 0 radical (unpaired) electrons. The molecule has 102 valence electrons. The quantitative estimate of drug-likeness (QED) is 0.734. The molecule has 0 aromatic rings. The van der Waals surface area contributed by atoms with Crippen LogP contribution in [0.1, 0.15) is 59.3 Å². The highest BCUT2D eigenvalue weighted by Crippen LogP contribution is 2.41. The Balaban J connectivity index is 2.65. The Hall–Kier alpha value is 0.430. The van der Waals surface area contributed by atoms with Crippen LogP contribution in [0.5, 0.6) is 0 Å². The summed E-state index contributed by atoms with van der Waals surface area (Å²) in [6, 6.07) is 0. The smallest absolute Gasteiger partial charge is 0.155 e. The molecule has 0 aromatic heterocycles. The van der Waals surface area contributed by atoms with Crippen molar-refractivity contribution in [3.05, 3.63) is 0 Å². The maximum atomic E-state index is 12.1. The molecule has 4 heteroatoms. The molecular formula is C13H25BrO2S. The standard InChI is InChI=1S/C13H25BrO2S/c1-12(2,3)17(15,16)10-9-13(11-14)7-5-4-6-8-13/h4-11H2,1-3H3. The number of halogens is 1. The van der Waals surface area contributed by atoms with E-state index in [4.69, 9.17) is 0 Å². The Bertz CT molecular complexity index is 335. The van der Waals surface area contributed by atoms with Crippen LogP contribution >= 0.6 is 15.9 Å². The molecule has 0 unspecified atom stereocenters. The predicted molar refractivity (Wildman–Crippen MR) is 77.5 cm³/mol. The topological polar surface area (TPSA) is 34.1 Å². The summed E-state index contributed by atoms with van der Waals surface area (Å²) in [6.45, 7) is 5.39. The molecule has 1 aliphatic carbocycles. The fraction of sp³-hybridized carbons (Fsp3) is 1.00. The maximum Gasteiger partial charge on any atom is 0.155 e. The van der Waals surface area contributed by atoms with E-state index in [0.717, 1.165) is 11.8 Å². The first-order chi connectivity index (χ1) is 7.72. The Labute approximate surface area is 115 Å². The summed E-state index contributed by atoms with van der Waals surface area (Å²) in [5.74, 6) is 0.335. The van der Waals surface area contributed by atoms with Crippen LogP contribution in [0.2, 0.25) is 0 Å². The molecule has 0 aliphatic heterocycles. The summed E-state index contributed by atoms with van der Waals surface area (Å²) >= 11 is 3.59. The third kappa shape index (κ3) is 3.95. The average molecular weight is 325 g/mol. The van der Waals surface area contributed by atoms with Gasteiger partial charge >= 0.3 is 0 Å². The fourth-order valence-corrected chi connectivity index (χ4v) is 4.56. The molecule has 0 aromatic carbocycles. The highest BCUT2D eigenvalue weighted by molar-refractivity contribution is 9.09. The van der Waals surface area contributed by atoms with Crippen LogP contribution in [0, 0.1) is 5.41 Å². The van der Waals surface area contributed by atoms with Gasteiger partial charge in [-0.05, 0) is 45.4 Å². The monoisotopic (exact) mass is 324 g/mol. The van der Waals surface area contributed by atoms with Gasteiger partial charge in [0.25, 0.3) is 0 Å². The zero-order valence-corrected chi connectivity index (χ0v) is 13.7. The van der Waals surface area contributed by atoms with E-state index in [-0.39, 0.29) is 5.41 Å². The lowest BCUT2D eigenvalue weighted by Gasteiger charge is -2.36. The second-order valence-electron chi connectivity index (χ2n) is 6.38. The molecule has 0 amide bonds. The van der Waals surface area contributed by atoms with Crippen molar-refractivity contribution < 1.29 is 8.42 Å². The summed E-state index contributed by atoms with van der Waals surface area (Å²) in [5, 5.41) is 0.944. The lowest BCUT2D eigenvalue weighted by atomic mass is 9.74. The van der Waals surface area contributed by atoms with Crippen LogP contribution in [0.4, 0.5) is 0 Å². The van der Waals surface area contributed by atoms with E-state index >= 15 is 0 Å². The van der Waals surface area contributed by atoms with Crippen molar-refractivity contribution in [1.29, 1.82) is 0 Å². The minimum atomic E-state index is -2.97. The van der Waals surface area contributed by atoms with Crippen molar-refractivity contribution in [2.45, 2.75) is 64.0 Å². The van der Waals surface area contributed by atoms with Gasteiger partial charge < -0.3 is 0 Å². The first-order valence-electron chi connectivity index (χ1n) is 6.51. The lowest BCUT2D eigenvalue weighted by molar-refractivity contribution is 0.217. The third-order valence-corrected chi connectivity index (χ3v) is 7.83. The molecule has 0 heterocycles. The van der Waals surface area contributed by atoms with Crippen LogP contribution in [-0.4, -0.2) is 24.2 Å². The Morgan fingerprint density at radius 2 is 1.65 bits per heavy atom. The van der Waals surface area contributed by atoms with Crippen LogP contribution < -0.4 is 0 Å². The summed E-state index contributed by atoms with van der Waals surface area (Å²) in [5.41, 5.74) is 0.233. The first kappa shape index (κ1) is 15.5. The molecule has 17 heavy (non-hydrogen) atoms. The highest BCUT2D eigenvalue weighted by atomic mass is 79.9. The molecule has 0 atom stereocenters. The molecule has 1 fully saturated rings. The highest BCUT2D eigenvalue weighted by Gasteiger charge is 2.35. The second kappa shape index (κ2) is 5.60. The number of hydrogen-bond donors (Lipinski definition) is 0. The normalized spacial score (nSPS) is 21.4. The van der Waals surface area contributed by atoms with Crippen molar-refractivity contribution in [1.82, 2.24) is 0 Å². The molecule has 0 N–H and O–H groups in total.